The molecule has 0 aliphatic carbocycles. The number of rotatable bonds is 4. The van der Waals surface area contributed by atoms with Crippen LogP contribution in [0.25, 0.3) is 10.8 Å². The smallest absolute Gasteiger partial charge is 0.224 e. The van der Waals surface area contributed by atoms with Gasteiger partial charge in [-0.3, -0.25) is 4.79 Å². The summed E-state index contributed by atoms with van der Waals surface area (Å²) in [6.45, 7) is 3.11. The van der Waals surface area contributed by atoms with Crippen LogP contribution in [-0.2, 0) is 11.2 Å². The van der Waals surface area contributed by atoms with Crippen molar-refractivity contribution in [2.75, 3.05) is 13.2 Å². The Kier molecular flexibility index (Phi) is 4.48. The third-order valence-corrected chi connectivity index (χ3v) is 4.67. The molecule has 4 heteroatoms. The Hall–Kier alpha value is -3.01. The summed E-state index contributed by atoms with van der Waals surface area (Å²) in [6, 6.07) is 19.9. The van der Waals surface area contributed by atoms with Crippen LogP contribution in [0.3, 0.4) is 0 Å². The Labute approximate surface area is 152 Å². The number of nitrogens with one attached hydrogen (secondary N) is 1. The summed E-state index contributed by atoms with van der Waals surface area (Å²) >= 11 is 0. The number of amides is 1. The quantitative estimate of drug-likeness (QED) is 0.775. The normalized spacial score (nSPS) is 14.0. The maximum Gasteiger partial charge on any atom is 0.224 e. The van der Waals surface area contributed by atoms with Crippen LogP contribution in [0.1, 0.15) is 24.1 Å². The number of benzene rings is 3. The van der Waals surface area contributed by atoms with Gasteiger partial charge in [0, 0.05) is 0 Å². The number of carbonyl (C=O) groups excluding carboxylic acids is 1. The zero-order valence-electron chi connectivity index (χ0n) is 14.7. The molecule has 3 aromatic carbocycles. The van der Waals surface area contributed by atoms with E-state index in [1.165, 1.54) is 0 Å². The van der Waals surface area contributed by atoms with Gasteiger partial charge >= 0.3 is 0 Å². The Balaban J connectivity index is 1.47. The molecule has 3 aromatic rings. The Morgan fingerprint density at radius 2 is 1.77 bits per heavy atom. The summed E-state index contributed by atoms with van der Waals surface area (Å²) in [5.74, 6) is 1.50. The van der Waals surface area contributed by atoms with E-state index in [1.807, 2.05) is 49.4 Å². The minimum Gasteiger partial charge on any atom is -0.486 e. The Morgan fingerprint density at radius 1 is 1.00 bits per heavy atom. The molecule has 4 rings (SSSR count). The monoisotopic (exact) mass is 347 g/mol. The lowest BCUT2D eigenvalue weighted by molar-refractivity contribution is -0.121. The van der Waals surface area contributed by atoms with Crippen LogP contribution in [-0.4, -0.2) is 19.1 Å². The van der Waals surface area contributed by atoms with Gasteiger partial charge in [-0.15, -0.1) is 0 Å². The van der Waals surface area contributed by atoms with E-state index < -0.39 is 0 Å². The molecule has 1 amide bonds. The molecule has 132 valence electrons. The first-order valence-electron chi connectivity index (χ1n) is 8.86. The molecule has 1 aliphatic rings. The van der Waals surface area contributed by atoms with Crippen LogP contribution in [0.2, 0.25) is 0 Å². The van der Waals surface area contributed by atoms with Gasteiger partial charge in [-0.2, -0.15) is 0 Å². The fraction of sp³-hybridized carbons (Fsp3) is 0.227. The summed E-state index contributed by atoms with van der Waals surface area (Å²) in [6.07, 6.45) is 0.357. The lowest BCUT2D eigenvalue weighted by Crippen LogP contribution is -2.28. The third kappa shape index (κ3) is 3.36. The van der Waals surface area contributed by atoms with Crippen molar-refractivity contribution in [2.24, 2.45) is 0 Å². The van der Waals surface area contributed by atoms with Gasteiger partial charge in [0.1, 0.15) is 13.2 Å². The summed E-state index contributed by atoms with van der Waals surface area (Å²) in [5, 5.41) is 5.35. The topological polar surface area (TPSA) is 47.6 Å². The van der Waals surface area contributed by atoms with E-state index in [9.17, 15) is 4.79 Å². The van der Waals surface area contributed by atoms with Gasteiger partial charge in [0.2, 0.25) is 5.91 Å². The zero-order chi connectivity index (χ0) is 17.9. The van der Waals surface area contributed by atoms with Crippen molar-refractivity contribution in [3.05, 3.63) is 71.8 Å². The average Bonchev–Trinajstić information content (AvgIpc) is 2.68. The second kappa shape index (κ2) is 7.08. The first kappa shape index (κ1) is 16.5. The first-order valence-corrected chi connectivity index (χ1v) is 8.86. The van der Waals surface area contributed by atoms with Crippen molar-refractivity contribution in [3.8, 4) is 11.5 Å². The fourth-order valence-electron chi connectivity index (χ4n) is 3.32. The standard InChI is InChI=1S/C22H21NO3/c1-15(17-9-10-20-21(13-17)26-12-11-25-20)23-22(24)14-18-7-4-6-16-5-2-3-8-19(16)18/h2-10,13,15H,11-12,14H2,1H3,(H,23,24). The number of carbonyl (C=O) groups is 1. The van der Waals surface area contributed by atoms with Crippen LogP contribution in [0.5, 0.6) is 11.5 Å². The molecule has 1 N–H and O–H groups in total. The van der Waals surface area contributed by atoms with Crippen molar-refractivity contribution in [3.63, 3.8) is 0 Å². The van der Waals surface area contributed by atoms with Gasteiger partial charge in [0.25, 0.3) is 0 Å². The molecule has 1 atom stereocenters. The molecule has 0 aromatic heterocycles. The van der Waals surface area contributed by atoms with Crippen LogP contribution in [0.4, 0.5) is 0 Å². The van der Waals surface area contributed by atoms with Crippen molar-refractivity contribution in [2.45, 2.75) is 19.4 Å². The van der Waals surface area contributed by atoms with Crippen LogP contribution in [0, 0.1) is 0 Å². The number of ether oxygens (including phenoxy) is 2. The maximum absolute atomic E-state index is 12.6. The lowest BCUT2D eigenvalue weighted by Gasteiger charge is -2.21. The SMILES string of the molecule is CC(NC(=O)Cc1cccc2ccccc12)c1ccc2c(c1)OCCO2. The predicted molar refractivity (Wildman–Crippen MR) is 102 cm³/mol. The summed E-state index contributed by atoms with van der Waals surface area (Å²) < 4.78 is 11.2. The van der Waals surface area contributed by atoms with E-state index in [1.54, 1.807) is 0 Å². The highest BCUT2D eigenvalue weighted by atomic mass is 16.6. The van der Waals surface area contributed by atoms with Gasteiger partial charge in [-0.05, 0) is 41.0 Å². The van der Waals surface area contributed by atoms with Gasteiger partial charge in [-0.1, -0.05) is 48.5 Å². The van der Waals surface area contributed by atoms with Crippen LogP contribution >= 0.6 is 0 Å². The molecule has 26 heavy (non-hydrogen) atoms. The molecule has 0 saturated heterocycles. The molecule has 0 fully saturated rings. The fourth-order valence-corrected chi connectivity index (χ4v) is 3.32. The Morgan fingerprint density at radius 3 is 2.65 bits per heavy atom. The molecule has 0 spiro atoms. The van der Waals surface area contributed by atoms with Gasteiger partial charge in [0.05, 0.1) is 12.5 Å². The van der Waals surface area contributed by atoms with E-state index in [0.717, 1.165) is 33.4 Å². The first-order chi connectivity index (χ1) is 12.7. The second-order valence-electron chi connectivity index (χ2n) is 6.51. The second-order valence-corrected chi connectivity index (χ2v) is 6.51. The summed E-state index contributed by atoms with van der Waals surface area (Å²) in [5.41, 5.74) is 2.04. The van der Waals surface area contributed by atoms with Gasteiger partial charge in [0.15, 0.2) is 11.5 Å². The Bertz CT molecular complexity index is 946. The molecule has 0 radical (unpaired) electrons. The molecule has 4 nitrogen and oxygen atoms in total. The largest absolute Gasteiger partial charge is 0.486 e. The maximum atomic E-state index is 12.6. The highest BCUT2D eigenvalue weighted by molar-refractivity contribution is 5.90. The highest BCUT2D eigenvalue weighted by Gasteiger charge is 2.16. The van der Waals surface area contributed by atoms with E-state index in [-0.39, 0.29) is 11.9 Å². The van der Waals surface area contributed by atoms with Crippen molar-refractivity contribution in [1.82, 2.24) is 5.32 Å². The number of fused-ring (bicyclic) bond motifs is 2. The molecule has 0 saturated carbocycles. The lowest BCUT2D eigenvalue weighted by atomic mass is 10.0. The van der Waals surface area contributed by atoms with Crippen molar-refractivity contribution in [1.29, 1.82) is 0 Å². The minimum atomic E-state index is -0.103. The van der Waals surface area contributed by atoms with Gasteiger partial charge < -0.3 is 14.8 Å². The van der Waals surface area contributed by atoms with Crippen LogP contribution < -0.4 is 14.8 Å². The van der Waals surface area contributed by atoms with Gasteiger partial charge in [-0.25, -0.2) is 0 Å². The van der Waals surface area contributed by atoms with Crippen molar-refractivity contribution < 1.29 is 14.3 Å². The number of hydrogen-bond acceptors (Lipinski definition) is 3. The minimum absolute atomic E-state index is 0.00346. The van der Waals surface area contributed by atoms with Crippen LogP contribution in [0.15, 0.2) is 60.7 Å². The highest BCUT2D eigenvalue weighted by Crippen LogP contribution is 2.32. The predicted octanol–water partition coefficient (Wildman–Crippen LogP) is 4.03. The number of hydrogen-bond donors (Lipinski definition) is 1. The molecular formula is C22H21NO3. The van der Waals surface area contributed by atoms with Crippen molar-refractivity contribution >= 4 is 16.7 Å². The molecular weight excluding hydrogens is 326 g/mol. The van der Waals surface area contributed by atoms with E-state index >= 15 is 0 Å². The molecule has 1 aliphatic heterocycles. The molecule has 0 bridgehead atoms. The molecule has 1 heterocycles. The average molecular weight is 347 g/mol. The zero-order valence-corrected chi connectivity index (χ0v) is 14.7. The summed E-state index contributed by atoms with van der Waals surface area (Å²) in [4.78, 5) is 12.6. The van der Waals surface area contributed by atoms with E-state index in [2.05, 4.69) is 23.5 Å². The molecule has 1 unspecified atom stereocenters. The van der Waals surface area contributed by atoms with E-state index in [4.69, 9.17) is 9.47 Å². The summed E-state index contributed by atoms with van der Waals surface area (Å²) in [7, 11) is 0. The third-order valence-electron chi connectivity index (χ3n) is 4.67. The van der Waals surface area contributed by atoms with E-state index in [0.29, 0.717) is 19.6 Å².